The summed E-state index contributed by atoms with van der Waals surface area (Å²) < 4.78 is 10.5. The van der Waals surface area contributed by atoms with Crippen molar-refractivity contribution in [2.24, 2.45) is 0 Å². The fourth-order valence-corrected chi connectivity index (χ4v) is 3.47. The van der Waals surface area contributed by atoms with Crippen molar-refractivity contribution in [3.05, 3.63) is 42.3 Å². The van der Waals surface area contributed by atoms with Gasteiger partial charge in [0.15, 0.2) is 5.76 Å². The predicted molar refractivity (Wildman–Crippen MR) is 105 cm³/mol. The van der Waals surface area contributed by atoms with Crippen molar-refractivity contribution in [3.8, 4) is 22.8 Å². The molecule has 3 aromatic heterocycles. The molecule has 5 rings (SSSR count). The smallest absolute Gasteiger partial charge is 0.262 e. The number of hydrogen-bond acceptors (Lipinski definition) is 9. The molecule has 1 amide bonds. The normalized spacial score (nSPS) is 21.7. The molecule has 3 aromatic rings. The third-order valence-electron chi connectivity index (χ3n) is 5.33. The van der Waals surface area contributed by atoms with Crippen LogP contribution < -0.4 is 5.32 Å². The van der Waals surface area contributed by atoms with Gasteiger partial charge in [0.2, 0.25) is 11.5 Å². The Morgan fingerprint density at radius 3 is 2.63 bits per heavy atom. The lowest BCUT2D eigenvalue weighted by molar-refractivity contribution is -0.144. The molecule has 0 saturated carbocycles. The minimum atomic E-state index is -1.68. The van der Waals surface area contributed by atoms with E-state index in [1.807, 2.05) is 12.1 Å². The second-order valence-electron chi connectivity index (χ2n) is 7.47. The van der Waals surface area contributed by atoms with E-state index in [0.29, 0.717) is 48.5 Å². The standard InChI is InChI=1S/C20H20N6O4/c1-26-8-6-20(28,18(26)27)17-9-16(25-30-17)14-4-2-3-13(23-14)15-5-7-21-19(24-15)22-12-10-29-11-12/h2-5,7,9,12,28H,6,8,10-11H2,1H3,(H,21,22,24)/t20-/m1/s1. The van der Waals surface area contributed by atoms with Gasteiger partial charge in [-0.25, -0.2) is 15.0 Å². The average molecular weight is 408 g/mol. The van der Waals surface area contributed by atoms with Gasteiger partial charge in [0.05, 0.1) is 36.3 Å². The summed E-state index contributed by atoms with van der Waals surface area (Å²) in [5.41, 5.74) is 0.593. The highest BCUT2D eigenvalue weighted by Gasteiger charge is 2.48. The molecule has 1 atom stereocenters. The molecule has 10 nitrogen and oxygen atoms in total. The number of likely N-dealkylation sites (N-methyl/N-ethyl adjacent to an activating group) is 1. The minimum absolute atomic E-state index is 0.121. The van der Waals surface area contributed by atoms with Crippen molar-refractivity contribution in [3.63, 3.8) is 0 Å². The van der Waals surface area contributed by atoms with E-state index in [4.69, 9.17) is 9.26 Å². The van der Waals surface area contributed by atoms with E-state index in [1.165, 1.54) is 4.90 Å². The van der Waals surface area contributed by atoms with Crippen LogP contribution in [-0.2, 0) is 15.1 Å². The SMILES string of the molecule is CN1CC[C@@](O)(c2cc(-c3cccc(-c4ccnc(NC5COC5)n4)n3)no2)C1=O. The molecule has 0 bridgehead atoms. The highest BCUT2D eigenvalue weighted by atomic mass is 16.5. The Balaban J connectivity index is 1.41. The van der Waals surface area contributed by atoms with Gasteiger partial charge in [-0.1, -0.05) is 11.2 Å². The molecule has 30 heavy (non-hydrogen) atoms. The average Bonchev–Trinajstić information content (AvgIpc) is 3.34. The van der Waals surface area contributed by atoms with Crippen molar-refractivity contribution < 1.29 is 19.2 Å². The minimum Gasteiger partial charge on any atom is -0.377 e. The Morgan fingerprint density at radius 2 is 1.93 bits per heavy atom. The van der Waals surface area contributed by atoms with E-state index in [2.05, 4.69) is 25.4 Å². The van der Waals surface area contributed by atoms with Gasteiger partial charge >= 0.3 is 0 Å². The molecule has 2 N–H and O–H groups in total. The molecule has 2 aliphatic heterocycles. The van der Waals surface area contributed by atoms with Crippen LogP contribution in [0.25, 0.3) is 22.8 Å². The van der Waals surface area contributed by atoms with Crippen LogP contribution in [0.1, 0.15) is 12.2 Å². The number of ether oxygens (including phenoxy) is 1. The van der Waals surface area contributed by atoms with Crippen LogP contribution in [0.4, 0.5) is 5.95 Å². The lowest BCUT2D eigenvalue weighted by atomic mass is 9.98. The van der Waals surface area contributed by atoms with Crippen LogP contribution in [0.3, 0.4) is 0 Å². The molecule has 5 heterocycles. The van der Waals surface area contributed by atoms with Crippen LogP contribution in [-0.4, -0.2) is 68.9 Å². The number of pyridine rings is 1. The number of aliphatic hydroxyl groups is 1. The molecule has 0 aromatic carbocycles. The molecule has 2 aliphatic rings. The Labute approximate surface area is 171 Å². The number of carbonyl (C=O) groups excluding carboxylic acids is 1. The van der Waals surface area contributed by atoms with Gasteiger partial charge in [-0.15, -0.1) is 0 Å². The van der Waals surface area contributed by atoms with Gasteiger partial charge in [0.25, 0.3) is 5.91 Å². The third kappa shape index (κ3) is 3.19. The molecule has 0 spiro atoms. The molecule has 0 radical (unpaired) electrons. The van der Waals surface area contributed by atoms with E-state index in [-0.39, 0.29) is 18.2 Å². The molecule has 0 aliphatic carbocycles. The highest BCUT2D eigenvalue weighted by molar-refractivity contribution is 5.87. The second-order valence-corrected chi connectivity index (χ2v) is 7.47. The summed E-state index contributed by atoms with van der Waals surface area (Å²) in [6.07, 6.45) is 1.93. The zero-order valence-corrected chi connectivity index (χ0v) is 16.3. The van der Waals surface area contributed by atoms with Crippen molar-refractivity contribution in [2.45, 2.75) is 18.1 Å². The lowest BCUT2D eigenvalue weighted by Crippen LogP contribution is -2.40. The van der Waals surface area contributed by atoms with Crippen LogP contribution in [0, 0.1) is 0 Å². The van der Waals surface area contributed by atoms with Crippen LogP contribution in [0.15, 0.2) is 41.1 Å². The molecular formula is C20H20N6O4. The van der Waals surface area contributed by atoms with Gasteiger partial charge < -0.3 is 24.6 Å². The molecular weight excluding hydrogens is 388 g/mol. The first-order chi connectivity index (χ1) is 14.5. The maximum Gasteiger partial charge on any atom is 0.262 e. The summed E-state index contributed by atoms with van der Waals surface area (Å²) in [4.78, 5) is 27.1. The molecule has 2 saturated heterocycles. The summed E-state index contributed by atoms with van der Waals surface area (Å²) in [7, 11) is 1.64. The monoisotopic (exact) mass is 408 g/mol. The number of likely N-dealkylation sites (tertiary alicyclic amines) is 1. The summed E-state index contributed by atoms with van der Waals surface area (Å²) in [5.74, 6) is 0.239. The van der Waals surface area contributed by atoms with E-state index in [1.54, 1.807) is 31.4 Å². The van der Waals surface area contributed by atoms with E-state index >= 15 is 0 Å². The fraction of sp³-hybridized carbons (Fsp3) is 0.350. The molecule has 0 unspecified atom stereocenters. The number of nitrogens with zero attached hydrogens (tertiary/aromatic N) is 5. The Hall–Kier alpha value is -3.37. The van der Waals surface area contributed by atoms with Crippen molar-refractivity contribution in [1.82, 2.24) is 25.0 Å². The summed E-state index contributed by atoms with van der Waals surface area (Å²) in [6.45, 7) is 1.73. The first-order valence-electron chi connectivity index (χ1n) is 9.63. The summed E-state index contributed by atoms with van der Waals surface area (Å²) >= 11 is 0. The number of aromatic nitrogens is 4. The molecule has 154 valence electrons. The summed E-state index contributed by atoms with van der Waals surface area (Å²) in [6, 6.07) is 9.02. The zero-order chi connectivity index (χ0) is 20.7. The number of nitrogens with one attached hydrogen (secondary N) is 1. The molecule has 2 fully saturated rings. The quantitative estimate of drug-likeness (QED) is 0.637. The molecule has 10 heteroatoms. The van der Waals surface area contributed by atoms with Crippen molar-refractivity contribution >= 4 is 11.9 Å². The first-order valence-corrected chi connectivity index (χ1v) is 9.63. The fourth-order valence-electron chi connectivity index (χ4n) is 3.47. The van der Waals surface area contributed by atoms with E-state index < -0.39 is 11.5 Å². The Kier molecular flexibility index (Phi) is 4.44. The van der Waals surface area contributed by atoms with Gasteiger partial charge in [-0.3, -0.25) is 4.79 Å². The van der Waals surface area contributed by atoms with E-state index in [0.717, 1.165) is 0 Å². The number of carbonyl (C=O) groups is 1. The number of hydrogen-bond donors (Lipinski definition) is 2. The van der Waals surface area contributed by atoms with Gasteiger partial charge in [0, 0.05) is 32.3 Å². The highest BCUT2D eigenvalue weighted by Crippen LogP contribution is 2.34. The van der Waals surface area contributed by atoms with Crippen LogP contribution >= 0.6 is 0 Å². The third-order valence-corrected chi connectivity index (χ3v) is 5.33. The van der Waals surface area contributed by atoms with Crippen molar-refractivity contribution in [2.75, 3.05) is 32.1 Å². The Bertz CT molecular complexity index is 1100. The van der Waals surface area contributed by atoms with Crippen LogP contribution in [0.5, 0.6) is 0 Å². The number of rotatable bonds is 5. The van der Waals surface area contributed by atoms with Gasteiger partial charge in [0.1, 0.15) is 5.69 Å². The maximum absolute atomic E-state index is 12.3. The van der Waals surface area contributed by atoms with Gasteiger partial charge in [-0.2, -0.15) is 0 Å². The zero-order valence-electron chi connectivity index (χ0n) is 16.3. The predicted octanol–water partition coefficient (Wildman–Crippen LogP) is 1.05. The topological polar surface area (TPSA) is 126 Å². The van der Waals surface area contributed by atoms with Crippen molar-refractivity contribution in [1.29, 1.82) is 0 Å². The van der Waals surface area contributed by atoms with Crippen LogP contribution in [0.2, 0.25) is 0 Å². The van der Waals surface area contributed by atoms with Gasteiger partial charge in [-0.05, 0) is 18.2 Å². The van der Waals surface area contributed by atoms with E-state index in [9.17, 15) is 9.90 Å². The summed E-state index contributed by atoms with van der Waals surface area (Å²) in [5, 5.41) is 18.0. The lowest BCUT2D eigenvalue weighted by Gasteiger charge is -2.26. The number of anilines is 1. The Morgan fingerprint density at radius 1 is 1.17 bits per heavy atom. The first kappa shape index (κ1) is 18.6. The largest absolute Gasteiger partial charge is 0.377 e. The second kappa shape index (κ2) is 7.15. The maximum atomic E-state index is 12.3. The number of amides is 1.